The maximum absolute atomic E-state index is 10.6. The number of carbonyl (C=O) groups is 1. The van der Waals surface area contributed by atoms with E-state index >= 15 is 0 Å². The number of ether oxygens (including phenoxy) is 1. The molecule has 5 nitrogen and oxygen atoms in total. The smallest absolute Gasteiger partial charge is 0.371 e. The van der Waals surface area contributed by atoms with Gasteiger partial charge in [0.1, 0.15) is 12.4 Å². The van der Waals surface area contributed by atoms with Gasteiger partial charge in [0.15, 0.2) is 0 Å². The maximum Gasteiger partial charge on any atom is 0.371 e. The van der Waals surface area contributed by atoms with Crippen LogP contribution in [-0.4, -0.2) is 30.8 Å². The Bertz CT molecular complexity index is 368. The summed E-state index contributed by atoms with van der Waals surface area (Å²) in [5, 5.41) is 12.0. The molecule has 1 aromatic heterocycles. The average molecular weight is 239 g/mol. The van der Waals surface area contributed by atoms with Gasteiger partial charge in [0.05, 0.1) is 6.61 Å². The van der Waals surface area contributed by atoms with Crippen LogP contribution < -0.4 is 5.32 Å². The number of carboxylic acid groups (broad SMARTS) is 1. The van der Waals surface area contributed by atoms with Crippen molar-refractivity contribution in [2.45, 2.75) is 19.4 Å². The number of carboxylic acids is 1. The van der Waals surface area contributed by atoms with Crippen molar-refractivity contribution in [2.24, 2.45) is 5.92 Å². The Hall–Kier alpha value is -1.33. The Morgan fingerprint density at radius 1 is 1.59 bits per heavy atom. The zero-order chi connectivity index (χ0) is 12.1. The van der Waals surface area contributed by atoms with Crippen LogP contribution in [0.1, 0.15) is 29.2 Å². The lowest BCUT2D eigenvalue weighted by atomic mass is 10.0. The molecule has 17 heavy (non-hydrogen) atoms. The van der Waals surface area contributed by atoms with E-state index in [2.05, 4.69) is 5.32 Å². The standard InChI is InChI=1S/C12H17NO4/c14-12(15)11-4-3-10(17-11)8-16-7-9-2-1-5-13-6-9/h3-4,9,13H,1-2,5-8H2,(H,14,15). The van der Waals surface area contributed by atoms with Crippen LogP contribution in [0.15, 0.2) is 16.5 Å². The van der Waals surface area contributed by atoms with Crippen molar-refractivity contribution in [3.63, 3.8) is 0 Å². The number of rotatable bonds is 5. The Kier molecular flexibility index (Phi) is 4.17. The van der Waals surface area contributed by atoms with Crippen LogP contribution in [0.4, 0.5) is 0 Å². The Morgan fingerprint density at radius 3 is 3.12 bits per heavy atom. The highest BCUT2D eigenvalue weighted by Crippen LogP contribution is 2.13. The summed E-state index contributed by atoms with van der Waals surface area (Å²) in [6.07, 6.45) is 2.38. The predicted molar refractivity (Wildman–Crippen MR) is 60.9 cm³/mol. The van der Waals surface area contributed by atoms with E-state index in [4.69, 9.17) is 14.3 Å². The van der Waals surface area contributed by atoms with E-state index in [0.717, 1.165) is 13.1 Å². The minimum Gasteiger partial charge on any atom is -0.475 e. The zero-order valence-corrected chi connectivity index (χ0v) is 9.65. The normalized spacial score (nSPS) is 20.4. The monoisotopic (exact) mass is 239 g/mol. The molecule has 2 heterocycles. The Balaban J connectivity index is 1.71. The second kappa shape index (κ2) is 5.84. The van der Waals surface area contributed by atoms with Crippen molar-refractivity contribution in [1.29, 1.82) is 0 Å². The summed E-state index contributed by atoms with van der Waals surface area (Å²) < 4.78 is 10.6. The number of piperidine rings is 1. The SMILES string of the molecule is O=C(O)c1ccc(COCC2CCCNC2)o1. The fourth-order valence-electron chi connectivity index (χ4n) is 1.96. The molecule has 94 valence electrons. The lowest BCUT2D eigenvalue weighted by molar-refractivity contribution is 0.0599. The van der Waals surface area contributed by atoms with Gasteiger partial charge in [0.25, 0.3) is 0 Å². The van der Waals surface area contributed by atoms with Crippen molar-refractivity contribution < 1.29 is 19.1 Å². The second-order valence-corrected chi connectivity index (χ2v) is 4.30. The van der Waals surface area contributed by atoms with Crippen LogP contribution in [0, 0.1) is 5.92 Å². The van der Waals surface area contributed by atoms with Gasteiger partial charge >= 0.3 is 5.97 Å². The molecule has 0 amide bonds. The van der Waals surface area contributed by atoms with Gasteiger partial charge in [-0.25, -0.2) is 4.79 Å². The van der Waals surface area contributed by atoms with Crippen molar-refractivity contribution >= 4 is 5.97 Å². The first-order valence-electron chi connectivity index (χ1n) is 5.86. The molecule has 0 saturated carbocycles. The summed E-state index contributed by atoms with van der Waals surface area (Å²) in [4.78, 5) is 10.6. The molecule has 0 radical (unpaired) electrons. The van der Waals surface area contributed by atoms with Crippen LogP contribution in [0.5, 0.6) is 0 Å². The fourth-order valence-corrected chi connectivity index (χ4v) is 1.96. The summed E-state index contributed by atoms with van der Waals surface area (Å²) >= 11 is 0. The molecule has 0 bridgehead atoms. The van der Waals surface area contributed by atoms with E-state index in [9.17, 15) is 4.79 Å². The topological polar surface area (TPSA) is 71.7 Å². The Morgan fingerprint density at radius 2 is 2.47 bits per heavy atom. The van der Waals surface area contributed by atoms with Crippen molar-refractivity contribution in [3.8, 4) is 0 Å². The molecule has 0 aliphatic carbocycles. The van der Waals surface area contributed by atoms with Gasteiger partial charge in [-0.05, 0) is 37.4 Å². The molecule has 1 atom stereocenters. The van der Waals surface area contributed by atoms with Gasteiger partial charge in [0.2, 0.25) is 5.76 Å². The largest absolute Gasteiger partial charge is 0.475 e. The van der Waals surface area contributed by atoms with Crippen LogP contribution in [0.25, 0.3) is 0 Å². The number of hydrogen-bond donors (Lipinski definition) is 2. The minimum atomic E-state index is -1.05. The van der Waals surface area contributed by atoms with Gasteiger partial charge in [-0.3, -0.25) is 0 Å². The highest BCUT2D eigenvalue weighted by atomic mass is 16.5. The van der Waals surface area contributed by atoms with Crippen molar-refractivity contribution in [3.05, 3.63) is 23.7 Å². The van der Waals surface area contributed by atoms with Gasteiger partial charge in [-0.15, -0.1) is 0 Å². The summed E-state index contributed by atoms with van der Waals surface area (Å²) in [6, 6.07) is 3.09. The highest BCUT2D eigenvalue weighted by Gasteiger charge is 2.13. The average Bonchev–Trinajstić information content (AvgIpc) is 2.79. The van der Waals surface area contributed by atoms with Crippen LogP contribution >= 0.6 is 0 Å². The van der Waals surface area contributed by atoms with E-state index in [1.807, 2.05) is 0 Å². The number of hydrogen-bond acceptors (Lipinski definition) is 4. The van der Waals surface area contributed by atoms with E-state index in [1.165, 1.54) is 18.9 Å². The molecule has 1 aromatic rings. The third-order valence-electron chi connectivity index (χ3n) is 2.87. The zero-order valence-electron chi connectivity index (χ0n) is 9.65. The molecule has 1 aliphatic heterocycles. The van der Waals surface area contributed by atoms with Gasteiger partial charge in [-0.1, -0.05) is 0 Å². The van der Waals surface area contributed by atoms with Gasteiger partial charge in [-0.2, -0.15) is 0 Å². The Labute approximate surface area is 99.8 Å². The molecule has 5 heteroatoms. The van der Waals surface area contributed by atoms with E-state index in [1.54, 1.807) is 6.07 Å². The van der Waals surface area contributed by atoms with Gasteiger partial charge in [0, 0.05) is 6.54 Å². The summed E-state index contributed by atoms with van der Waals surface area (Å²) in [5.74, 6) is 0.0273. The third kappa shape index (κ3) is 3.57. The molecular formula is C12H17NO4. The maximum atomic E-state index is 10.6. The molecule has 1 saturated heterocycles. The van der Waals surface area contributed by atoms with Crippen LogP contribution in [-0.2, 0) is 11.3 Å². The first kappa shape index (κ1) is 12.1. The van der Waals surface area contributed by atoms with Gasteiger partial charge < -0.3 is 19.6 Å². The summed E-state index contributed by atoms with van der Waals surface area (Å²) in [5.41, 5.74) is 0. The molecule has 1 aliphatic rings. The lowest BCUT2D eigenvalue weighted by Crippen LogP contribution is -2.32. The number of nitrogens with one attached hydrogen (secondary N) is 1. The van der Waals surface area contributed by atoms with E-state index in [0.29, 0.717) is 24.9 Å². The molecule has 0 aromatic carbocycles. The minimum absolute atomic E-state index is 0.0390. The third-order valence-corrected chi connectivity index (χ3v) is 2.87. The molecule has 0 spiro atoms. The molecule has 2 N–H and O–H groups in total. The molecular weight excluding hydrogens is 222 g/mol. The molecule has 2 rings (SSSR count). The lowest BCUT2D eigenvalue weighted by Gasteiger charge is -2.22. The highest BCUT2D eigenvalue weighted by molar-refractivity contribution is 5.84. The van der Waals surface area contributed by atoms with Crippen molar-refractivity contribution in [2.75, 3.05) is 19.7 Å². The molecule has 1 fully saturated rings. The van der Waals surface area contributed by atoms with Crippen molar-refractivity contribution in [1.82, 2.24) is 5.32 Å². The quantitative estimate of drug-likeness (QED) is 0.814. The first-order valence-corrected chi connectivity index (χ1v) is 5.86. The molecule has 1 unspecified atom stereocenters. The first-order chi connectivity index (χ1) is 8.25. The number of aromatic carboxylic acids is 1. The number of furan rings is 1. The summed E-state index contributed by atoms with van der Waals surface area (Å²) in [7, 11) is 0. The second-order valence-electron chi connectivity index (χ2n) is 4.30. The van der Waals surface area contributed by atoms with Crippen LogP contribution in [0.3, 0.4) is 0 Å². The van der Waals surface area contributed by atoms with E-state index in [-0.39, 0.29) is 5.76 Å². The van der Waals surface area contributed by atoms with E-state index < -0.39 is 5.97 Å². The van der Waals surface area contributed by atoms with Crippen LogP contribution in [0.2, 0.25) is 0 Å². The summed E-state index contributed by atoms with van der Waals surface area (Å²) in [6.45, 7) is 3.12. The predicted octanol–water partition coefficient (Wildman–Crippen LogP) is 1.49. The fraction of sp³-hybridized carbons (Fsp3) is 0.583.